The number of anilines is 2. The van der Waals surface area contributed by atoms with Gasteiger partial charge in [0.2, 0.25) is 5.91 Å². The molecule has 1 rings (SSSR count). The number of nitrogens with two attached hydrogens (primary N) is 1. The average Bonchev–Trinajstić information content (AvgIpc) is 2.19. The van der Waals surface area contributed by atoms with Crippen LogP contribution in [0.5, 0.6) is 0 Å². The molecule has 7 heteroatoms. The summed E-state index contributed by atoms with van der Waals surface area (Å²) in [6.45, 7) is 3.76. The minimum absolute atomic E-state index is 0.221. The fourth-order valence-electron chi connectivity index (χ4n) is 1.43. The Balaban J connectivity index is 2.91. The topological polar surface area (TPSA) is 92.9 Å². The van der Waals surface area contributed by atoms with Gasteiger partial charge in [0.15, 0.2) is 0 Å². The van der Waals surface area contributed by atoms with Gasteiger partial charge in [-0.05, 0) is 29.8 Å². The molecule has 4 N–H and O–H groups in total. The Labute approximate surface area is 109 Å². The molecular formula is C10H16BrN5O. The smallest absolute Gasteiger partial charge is 0.219 e. The number of rotatable bonds is 5. The summed E-state index contributed by atoms with van der Waals surface area (Å²) < 4.78 is 0.722. The lowest BCUT2D eigenvalue weighted by atomic mass is 10.0. The highest BCUT2D eigenvalue weighted by Gasteiger charge is 2.22. The van der Waals surface area contributed by atoms with Gasteiger partial charge in [-0.1, -0.05) is 0 Å². The number of aromatic nitrogens is 2. The summed E-state index contributed by atoms with van der Waals surface area (Å²) in [5.74, 6) is 0.939. The summed E-state index contributed by atoms with van der Waals surface area (Å²) in [4.78, 5) is 19.1. The Morgan fingerprint density at radius 1 is 1.47 bits per heavy atom. The lowest BCUT2D eigenvalue weighted by molar-refractivity contribution is -0.118. The van der Waals surface area contributed by atoms with Crippen LogP contribution in [0, 0.1) is 0 Å². The largest absolute Gasteiger partial charge is 0.372 e. The molecule has 0 unspecified atom stereocenters. The highest BCUT2D eigenvalue weighted by Crippen LogP contribution is 2.28. The van der Waals surface area contributed by atoms with Crippen molar-refractivity contribution in [2.24, 2.45) is 5.73 Å². The monoisotopic (exact) mass is 301 g/mol. The van der Waals surface area contributed by atoms with Crippen LogP contribution in [0.2, 0.25) is 0 Å². The molecule has 1 amide bonds. The van der Waals surface area contributed by atoms with E-state index in [4.69, 9.17) is 5.73 Å². The Morgan fingerprint density at radius 3 is 2.59 bits per heavy atom. The number of primary amides is 1. The zero-order chi connectivity index (χ0) is 13.1. The molecule has 0 spiro atoms. The van der Waals surface area contributed by atoms with E-state index in [9.17, 15) is 4.79 Å². The summed E-state index contributed by atoms with van der Waals surface area (Å²) in [6.07, 6.45) is 1.66. The third-order valence-corrected chi connectivity index (χ3v) is 2.85. The van der Waals surface area contributed by atoms with Gasteiger partial charge < -0.3 is 16.4 Å². The van der Waals surface area contributed by atoms with Crippen molar-refractivity contribution in [1.82, 2.24) is 9.97 Å². The van der Waals surface area contributed by atoms with Crippen LogP contribution < -0.4 is 16.4 Å². The van der Waals surface area contributed by atoms with Crippen molar-refractivity contribution in [1.29, 1.82) is 0 Å². The molecule has 0 aliphatic rings. The maximum atomic E-state index is 10.9. The molecule has 0 saturated heterocycles. The van der Waals surface area contributed by atoms with Crippen LogP contribution >= 0.6 is 15.9 Å². The molecule has 1 aromatic heterocycles. The third-order valence-electron chi connectivity index (χ3n) is 2.10. The Morgan fingerprint density at radius 2 is 2.06 bits per heavy atom. The lowest BCUT2D eigenvalue weighted by Gasteiger charge is -2.26. The zero-order valence-electron chi connectivity index (χ0n) is 10.0. The Hall–Kier alpha value is -1.37. The highest BCUT2D eigenvalue weighted by atomic mass is 79.9. The fourth-order valence-corrected chi connectivity index (χ4v) is 1.93. The Bertz CT molecular complexity index is 421. The predicted octanol–water partition coefficient (Wildman–Crippen LogP) is 1.35. The number of nitrogens with one attached hydrogen (secondary N) is 2. The summed E-state index contributed by atoms with van der Waals surface area (Å²) >= 11 is 3.39. The van der Waals surface area contributed by atoms with Crippen LogP contribution in [0.15, 0.2) is 10.8 Å². The fraction of sp³-hybridized carbons (Fsp3) is 0.500. The van der Waals surface area contributed by atoms with Gasteiger partial charge in [0.05, 0.1) is 0 Å². The lowest BCUT2D eigenvalue weighted by Crippen LogP contribution is -2.36. The summed E-state index contributed by atoms with van der Waals surface area (Å²) in [5.41, 5.74) is 4.73. The Kier molecular flexibility index (Phi) is 4.28. The molecule has 0 radical (unpaired) electrons. The molecule has 0 fully saturated rings. The normalized spacial score (nSPS) is 11.1. The van der Waals surface area contributed by atoms with Gasteiger partial charge in [-0.25, -0.2) is 9.97 Å². The first-order valence-electron chi connectivity index (χ1n) is 5.10. The number of nitrogens with zero attached hydrogens (tertiary/aromatic N) is 2. The minimum Gasteiger partial charge on any atom is -0.372 e. The molecule has 94 valence electrons. The second-order valence-corrected chi connectivity index (χ2v) is 5.08. The maximum Gasteiger partial charge on any atom is 0.219 e. The van der Waals surface area contributed by atoms with Gasteiger partial charge in [0.1, 0.15) is 22.4 Å². The van der Waals surface area contributed by atoms with E-state index in [0.717, 1.165) is 4.47 Å². The summed E-state index contributed by atoms with van der Waals surface area (Å²) in [5, 5.41) is 6.09. The standard InChI is InChI=1S/C10H16BrN5O/c1-10(2,4-6(12)17)16-9-7(11)8(13-3)14-5-15-9/h5H,4H2,1-3H3,(H2,12,17)(H2,13,14,15,16). The van der Waals surface area contributed by atoms with Gasteiger partial charge in [0.25, 0.3) is 0 Å². The molecule has 1 aromatic rings. The van der Waals surface area contributed by atoms with Crippen LogP contribution in [0.25, 0.3) is 0 Å². The van der Waals surface area contributed by atoms with Gasteiger partial charge in [-0.2, -0.15) is 0 Å². The SMILES string of the molecule is CNc1ncnc(NC(C)(C)CC(N)=O)c1Br. The molecular weight excluding hydrogens is 286 g/mol. The van der Waals surface area contributed by atoms with Gasteiger partial charge in [0, 0.05) is 19.0 Å². The molecule has 1 heterocycles. The quantitative estimate of drug-likeness (QED) is 0.763. The van der Waals surface area contributed by atoms with Crippen LogP contribution in [0.3, 0.4) is 0 Å². The van der Waals surface area contributed by atoms with Crippen molar-refractivity contribution in [2.75, 3.05) is 17.7 Å². The van der Waals surface area contributed by atoms with E-state index in [1.54, 1.807) is 7.05 Å². The third kappa shape index (κ3) is 3.85. The predicted molar refractivity (Wildman–Crippen MR) is 70.8 cm³/mol. The second-order valence-electron chi connectivity index (χ2n) is 4.29. The molecule has 6 nitrogen and oxygen atoms in total. The number of carbonyl (C=O) groups is 1. The minimum atomic E-state index is -0.465. The molecule has 0 aliphatic heterocycles. The molecule has 0 aromatic carbocycles. The van der Waals surface area contributed by atoms with E-state index in [0.29, 0.717) is 11.6 Å². The van der Waals surface area contributed by atoms with E-state index >= 15 is 0 Å². The van der Waals surface area contributed by atoms with Crippen molar-refractivity contribution < 1.29 is 4.79 Å². The first-order valence-corrected chi connectivity index (χ1v) is 5.90. The highest BCUT2D eigenvalue weighted by molar-refractivity contribution is 9.10. The maximum absolute atomic E-state index is 10.9. The van der Waals surface area contributed by atoms with E-state index in [1.807, 2.05) is 13.8 Å². The average molecular weight is 302 g/mol. The molecule has 0 bridgehead atoms. The summed E-state index contributed by atoms with van der Waals surface area (Å²) in [7, 11) is 1.77. The van der Waals surface area contributed by atoms with Crippen molar-refractivity contribution in [3.05, 3.63) is 10.8 Å². The first kappa shape index (κ1) is 13.7. The van der Waals surface area contributed by atoms with Crippen molar-refractivity contribution >= 4 is 33.5 Å². The van der Waals surface area contributed by atoms with Crippen LogP contribution in [0.4, 0.5) is 11.6 Å². The van der Waals surface area contributed by atoms with E-state index in [2.05, 4.69) is 36.5 Å². The van der Waals surface area contributed by atoms with E-state index < -0.39 is 5.54 Å². The number of carbonyl (C=O) groups excluding carboxylic acids is 1. The zero-order valence-corrected chi connectivity index (χ0v) is 11.6. The van der Waals surface area contributed by atoms with E-state index in [-0.39, 0.29) is 12.3 Å². The molecule has 17 heavy (non-hydrogen) atoms. The number of amides is 1. The van der Waals surface area contributed by atoms with Crippen molar-refractivity contribution in [3.63, 3.8) is 0 Å². The van der Waals surface area contributed by atoms with Crippen LogP contribution in [-0.2, 0) is 4.79 Å². The van der Waals surface area contributed by atoms with Gasteiger partial charge in [-0.15, -0.1) is 0 Å². The number of halogens is 1. The van der Waals surface area contributed by atoms with Crippen molar-refractivity contribution in [2.45, 2.75) is 25.8 Å². The second kappa shape index (κ2) is 5.31. The van der Waals surface area contributed by atoms with Gasteiger partial charge in [-0.3, -0.25) is 4.79 Å². The van der Waals surface area contributed by atoms with Gasteiger partial charge >= 0.3 is 0 Å². The summed E-state index contributed by atoms with van der Waals surface area (Å²) in [6, 6.07) is 0. The molecule has 0 atom stereocenters. The molecule has 0 saturated carbocycles. The van der Waals surface area contributed by atoms with Crippen LogP contribution in [0.1, 0.15) is 20.3 Å². The van der Waals surface area contributed by atoms with E-state index in [1.165, 1.54) is 6.33 Å². The first-order chi connectivity index (χ1) is 7.85. The van der Waals surface area contributed by atoms with Crippen LogP contribution in [-0.4, -0.2) is 28.5 Å². The molecule has 0 aliphatic carbocycles. The van der Waals surface area contributed by atoms with Crippen molar-refractivity contribution in [3.8, 4) is 0 Å². The number of hydrogen-bond donors (Lipinski definition) is 3. The number of hydrogen-bond acceptors (Lipinski definition) is 5.